The molecular formula is C30H29Cl2N9O2. The summed E-state index contributed by atoms with van der Waals surface area (Å²) in [5.41, 5.74) is 2.93. The van der Waals surface area contributed by atoms with Crippen LogP contribution in [-0.4, -0.2) is 65.8 Å². The van der Waals surface area contributed by atoms with Crippen LogP contribution in [0.3, 0.4) is 0 Å². The normalized spacial score (nSPS) is 16.1. The van der Waals surface area contributed by atoms with Crippen molar-refractivity contribution in [1.82, 2.24) is 34.7 Å². The molecule has 0 spiro atoms. The molecule has 1 aliphatic heterocycles. The maximum Gasteiger partial charge on any atom is 0.249 e. The van der Waals surface area contributed by atoms with Gasteiger partial charge in [-0.05, 0) is 42.5 Å². The molecule has 0 bridgehead atoms. The molecule has 43 heavy (non-hydrogen) atoms. The Labute approximate surface area is 258 Å². The number of anilines is 1. The molecule has 2 aliphatic rings. The standard InChI is InChI=1S/C30H29Cl2N9O2/c31-23-10-11-25(41-16-27(32)36-38-41)24(13-23)28-22(17-42)15-39(18-33-28)26(12-20-6-2-1-3-7-20)29(43)35-30-34-19-40(37-30)14-21-8-4-5-9-21/h1-3,6-7,10-11,13,16-19,21,26H,4-5,8-9,12,14-15H2,(H,35,37,43)/t26-/m0/s1. The van der Waals surface area contributed by atoms with Crippen LogP contribution in [0.2, 0.25) is 10.2 Å². The lowest BCUT2D eigenvalue weighted by Gasteiger charge is -2.32. The second-order valence-electron chi connectivity index (χ2n) is 10.7. The molecule has 2 aromatic heterocycles. The first-order valence-electron chi connectivity index (χ1n) is 14.1. The van der Waals surface area contributed by atoms with Crippen LogP contribution in [0, 0.1) is 5.92 Å². The maximum atomic E-state index is 13.7. The second kappa shape index (κ2) is 12.9. The highest BCUT2D eigenvalue weighted by Gasteiger charge is 2.30. The molecule has 3 heterocycles. The van der Waals surface area contributed by atoms with Crippen molar-refractivity contribution < 1.29 is 9.59 Å². The molecular weight excluding hydrogens is 589 g/mol. The molecule has 4 aromatic rings. The lowest BCUT2D eigenvalue weighted by atomic mass is 10.0. The van der Waals surface area contributed by atoms with Crippen molar-refractivity contribution in [3.63, 3.8) is 0 Å². The predicted octanol–water partition coefficient (Wildman–Crippen LogP) is 4.86. The number of aldehydes is 1. The third kappa shape index (κ3) is 6.68. The zero-order chi connectivity index (χ0) is 29.8. The first-order chi connectivity index (χ1) is 21.0. The molecule has 0 saturated heterocycles. The zero-order valence-electron chi connectivity index (χ0n) is 23.2. The number of hydrogen-bond donors (Lipinski definition) is 1. The number of rotatable bonds is 10. The van der Waals surface area contributed by atoms with Crippen molar-refractivity contribution in [2.75, 3.05) is 11.9 Å². The summed E-state index contributed by atoms with van der Waals surface area (Å²) in [5, 5.41) is 16.0. The SMILES string of the molecule is O=CC1=C(c2cc(Cl)ccc2-n2cc(Cl)nn2)N=CN([C@@H](Cc2ccccc2)C(=O)Nc2ncn(CC3CCCC3)n2)C1. The summed E-state index contributed by atoms with van der Waals surface area (Å²) in [6.07, 6.45) is 10.8. The number of aromatic nitrogens is 6. The van der Waals surface area contributed by atoms with E-state index < -0.39 is 6.04 Å². The third-order valence-corrected chi connectivity index (χ3v) is 8.14. The van der Waals surface area contributed by atoms with Crippen molar-refractivity contribution in [2.45, 2.75) is 44.7 Å². The quantitative estimate of drug-likeness (QED) is 0.252. The van der Waals surface area contributed by atoms with Gasteiger partial charge in [0.25, 0.3) is 0 Å². The molecule has 1 amide bonds. The Hall–Kier alpha value is -4.35. The van der Waals surface area contributed by atoms with E-state index in [1.54, 1.807) is 46.6 Å². The number of nitrogens with one attached hydrogen (secondary N) is 1. The third-order valence-electron chi connectivity index (χ3n) is 7.73. The van der Waals surface area contributed by atoms with Crippen molar-refractivity contribution in [2.24, 2.45) is 10.9 Å². The molecule has 1 atom stereocenters. The Morgan fingerprint density at radius 1 is 1.12 bits per heavy atom. The number of carbonyl (C=O) groups is 2. The highest BCUT2D eigenvalue weighted by atomic mass is 35.5. The Bertz CT molecular complexity index is 1680. The molecule has 13 heteroatoms. The number of amides is 1. The van der Waals surface area contributed by atoms with Crippen molar-refractivity contribution in [3.05, 3.63) is 87.9 Å². The molecule has 0 radical (unpaired) electrons. The van der Waals surface area contributed by atoms with Crippen molar-refractivity contribution in [1.29, 1.82) is 0 Å². The molecule has 2 aromatic carbocycles. The fourth-order valence-electron chi connectivity index (χ4n) is 5.60. The van der Waals surface area contributed by atoms with E-state index in [2.05, 4.69) is 30.7 Å². The molecule has 1 fully saturated rings. The molecule has 220 valence electrons. The van der Waals surface area contributed by atoms with Crippen LogP contribution >= 0.6 is 23.2 Å². The average Bonchev–Trinajstić information content (AvgIpc) is 3.80. The number of carbonyl (C=O) groups excluding carboxylic acids is 2. The summed E-state index contributed by atoms with van der Waals surface area (Å²) in [7, 11) is 0. The minimum Gasteiger partial charge on any atom is -0.346 e. The Kier molecular flexibility index (Phi) is 8.62. The van der Waals surface area contributed by atoms with Crippen LogP contribution in [-0.2, 0) is 22.6 Å². The summed E-state index contributed by atoms with van der Waals surface area (Å²) in [5.74, 6) is 0.533. The lowest BCUT2D eigenvalue weighted by Crippen LogP contribution is -2.47. The molecule has 6 rings (SSSR count). The smallest absolute Gasteiger partial charge is 0.249 e. The van der Waals surface area contributed by atoms with Gasteiger partial charge in [-0.15, -0.1) is 10.2 Å². The van der Waals surface area contributed by atoms with E-state index in [0.29, 0.717) is 39.9 Å². The van der Waals surface area contributed by atoms with Gasteiger partial charge in [0.2, 0.25) is 11.9 Å². The van der Waals surface area contributed by atoms with Gasteiger partial charge in [0.05, 0.1) is 30.5 Å². The van der Waals surface area contributed by atoms with E-state index in [0.717, 1.165) is 18.4 Å². The van der Waals surface area contributed by atoms with Crippen LogP contribution in [0.5, 0.6) is 0 Å². The molecule has 1 saturated carbocycles. The Morgan fingerprint density at radius 3 is 2.67 bits per heavy atom. The van der Waals surface area contributed by atoms with Crippen LogP contribution in [0.25, 0.3) is 11.4 Å². The van der Waals surface area contributed by atoms with Gasteiger partial charge in [0, 0.05) is 29.1 Å². The van der Waals surface area contributed by atoms with Gasteiger partial charge in [-0.1, -0.05) is 71.6 Å². The molecule has 0 unspecified atom stereocenters. The van der Waals surface area contributed by atoms with Gasteiger partial charge in [-0.2, -0.15) is 0 Å². The second-order valence-corrected chi connectivity index (χ2v) is 11.5. The van der Waals surface area contributed by atoms with Crippen LogP contribution in [0.1, 0.15) is 36.8 Å². The van der Waals surface area contributed by atoms with Gasteiger partial charge in [0.15, 0.2) is 5.15 Å². The van der Waals surface area contributed by atoms with Gasteiger partial charge in [-0.3, -0.25) is 19.6 Å². The minimum absolute atomic E-state index is 0.140. The van der Waals surface area contributed by atoms with E-state index in [1.165, 1.54) is 30.4 Å². The van der Waals surface area contributed by atoms with Gasteiger partial charge in [-0.25, -0.2) is 14.7 Å². The van der Waals surface area contributed by atoms with E-state index in [-0.39, 0.29) is 23.6 Å². The summed E-state index contributed by atoms with van der Waals surface area (Å²) < 4.78 is 3.29. The zero-order valence-corrected chi connectivity index (χ0v) is 24.7. The molecule has 1 aliphatic carbocycles. The topological polar surface area (TPSA) is 123 Å². The van der Waals surface area contributed by atoms with Gasteiger partial charge >= 0.3 is 0 Å². The van der Waals surface area contributed by atoms with Crippen LogP contribution in [0.15, 0.2) is 71.6 Å². The Balaban J connectivity index is 1.26. The first-order valence-corrected chi connectivity index (χ1v) is 14.8. The van der Waals surface area contributed by atoms with Crippen molar-refractivity contribution >= 4 is 53.4 Å². The number of aliphatic imine (C=N–C) groups is 1. The average molecular weight is 619 g/mol. The maximum absolute atomic E-state index is 13.7. The fraction of sp³-hybridized carbons (Fsp3) is 0.300. The van der Waals surface area contributed by atoms with E-state index in [4.69, 9.17) is 23.2 Å². The largest absolute Gasteiger partial charge is 0.346 e. The minimum atomic E-state index is -0.697. The first kappa shape index (κ1) is 28.8. The number of hydrogen-bond acceptors (Lipinski definition) is 8. The summed E-state index contributed by atoms with van der Waals surface area (Å²) in [6.45, 7) is 0.929. The molecule has 1 N–H and O–H groups in total. The lowest BCUT2D eigenvalue weighted by molar-refractivity contribution is -0.120. The van der Waals surface area contributed by atoms with E-state index in [1.807, 2.05) is 30.3 Å². The van der Waals surface area contributed by atoms with Crippen LogP contribution in [0.4, 0.5) is 5.95 Å². The summed E-state index contributed by atoms with van der Waals surface area (Å²) >= 11 is 12.4. The highest BCUT2D eigenvalue weighted by molar-refractivity contribution is 6.31. The Morgan fingerprint density at radius 2 is 1.93 bits per heavy atom. The monoisotopic (exact) mass is 617 g/mol. The van der Waals surface area contributed by atoms with Gasteiger partial charge < -0.3 is 4.90 Å². The highest BCUT2D eigenvalue weighted by Crippen LogP contribution is 2.31. The van der Waals surface area contributed by atoms with E-state index >= 15 is 0 Å². The van der Waals surface area contributed by atoms with Crippen LogP contribution < -0.4 is 5.32 Å². The summed E-state index contributed by atoms with van der Waals surface area (Å²) in [6, 6.07) is 14.2. The number of benzene rings is 2. The predicted molar refractivity (Wildman–Crippen MR) is 164 cm³/mol. The summed E-state index contributed by atoms with van der Waals surface area (Å²) in [4.78, 5) is 36.9. The van der Waals surface area contributed by atoms with E-state index in [9.17, 15) is 9.59 Å². The number of nitrogens with zero attached hydrogens (tertiary/aromatic N) is 8. The molecule has 11 nitrogen and oxygen atoms in total. The number of halogens is 2. The van der Waals surface area contributed by atoms with Gasteiger partial charge in [0.1, 0.15) is 18.7 Å². The van der Waals surface area contributed by atoms with Crippen molar-refractivity contribution in [3.8, 4) is 5.69 Å². The fourth-order valence-corrected chi connectivity index (χ4v) is 5.90.